The van der Waals surface area contributed by atoms with Crippen molar-refractivity contribution in [2.75, 3.05) is 13.2 Å². The molecule has 0 aliphatic heterocycles. The standard InChI is InChI=1S/C15H25NO2/c1-4-15(3,9-10-17)16-12-13-7-6-8-14(11-13)18-5-2/h6-8,11,16-17H,4-5,9-10,12H2,1-3H3. The van der Waals surface area contributed by atoms with Gasteiger partial charge in [-0.1, -0.05) is 19.1 Å². The van der Waals surface area contributed by atoms with Crippen molar-refractivity contribution in [2.45, 2.75) is 45.7 Å². The Hall–Kier alpha value is -1.06. The molecule has 3 nitrogen and oxygen atoms in total. The van der Waals surface area contributed by atoms with Gasteiger partial charge in [0, 0.05) is 18.7 Å². The van der Waals surface area contributed by atoms with Crippen LogP contribution >= 0.6 is 0 Å². The second-order valence-electron chi connectivity index (χ2n) is 4.82. The van der Waals surface area contributed by atoms with Crippen molar-refractivity contribution in [3.05, 3.63) is 29.8 Å². The van der Waals surface area contributed by atoms with Crippen LogP contribution in [0.1, 0.15) is 39.2 Å². The molecule has 0 saturated carbocycles. The van der Waals surface area contributed by atoms with E-state index in [9.17, 15) is 0 Å². The zero-order valence-electron chi connectivity index (χ0n) is 11.7. The van der Waals surface area contributed by atoms with Gasteiger partial charge in [0.15, 0.2) is 0 Å². The average Bonchev–Trinajstić information content (AvgIpc) is 2.38. The molecule has 0 spiro atoms. The number of aliphatic hydroxyl groups excluding tert-OH is 1. The topological polar surface area (TPSA) is 41.5 Å². The Kier molecular flexibility index (Phi) is 6.16. The largest absolute Gasteiger partial charge is 0.494 e. The van der Waals surface area contributed by atoms with Crippen LogP contribution in [-0.2, 0) is 6.54 Å². The Morgan fingerprint density at radius 2 is 2.11 bits per heavy atom. The second kappa shape index (κ2) is 7.39. The van der Waals surface area contributed by atoms with Gasteiger partial charge in [-0.2, -0.15) is 0 Å². The molecule has 1 aromatic carbocycles. The highest BCUT2D eigenvalue weighted by atomic mass is 16.5. The van der Waals surface area contributed by atoms with Gasteiger partial charge >= 0.3 is 0 Å². The Balaban J connectivity index is 2.59. The molecular weight excluding hydrogens is 226 g/mol. The molecule has 3 heteroatoms. The van der Waals surface area contributed by atoms with Crippen molar-refractivity contribution < 1.29 is 9.84 Å². The monoisotopic (exact) mass is 251 g/mol. The minimum atomic E-state index is -0.00360. The summed E-state index contributed by atoms with van der Waals surface area (Å²) < 4.78 is 5.48. The van der Waals surface area contributed by atoms with Gasteiger partial charge in [0.25, 0.3) is 0 Å². The summed E-state index contributed by atoms with van der Waals surface area (Å²) in [6.07, 6.45) is 1.77. The van der Waals surface area contributed by atoms with E-state index in [4.69, 9.17) is 9.84 Å². The zero-order valence-corrected chi connectivity index (χ0v) is 11.7. The molecule has 0 fully saturated rings. The van der Waals surface area contributed by atoms with Crippen molar-refractivity contribution in [2.24, 2.45) is 0 Å². The van der Waals surface area contributed by atoms with E-state index in [0.717, 1.165) is 25.1 Å². The fourth-order valence-corrected chi connectivity index (χ4v) is 1.86. The maximum atomic E-state index is 9.08. The molecule has 1 unspecified atom stereocenters. The molecule has 0 aromatic heterocycles. The van der Waals surface area contributed by atoms with Gasteiger partial charge in [0.1, 0.15) is 5.75 Å². The van der Waals surface area contributed by atoms with E-state index >= 15 is 0 Å². The first-order chi connectivity index (χ1) is 8.63. The fraction of sp³-hybridized carbons (Fsp3) is 0.600. The molecule has 1 rings (SSSR count). The Morgan fingerprint density at radius 3 is 2.72 bits per heavy atom. The minimum Gasteiger partial charge on any atom is -0.494 e. The molecule has 0 saturated heterocycles. The molecular formula is C15H25NO2. The van der Waals surface area contributed by atoms with E-state index in [2.05, 4.69) is 31.3 Å². The van der Waals surface area contributed by atoms with Crippen LogP contribution in [0.25, 0.3) is 0 Å². The lowest BCUT2D eigenvalue weighted by molar-refractivity contribution is 0.214. The molecule has 0 radical (unpaired) electrons. The smallest absolute Gasteiger partial charge is 0.119 e. The predicted molar refractivity (Wildman–Crippen MR) is 74.8 cm³/mol. The first-order valence-corrected chi connectivity index (χ1v) is 6.71. The zero-order chi connectivity index (χ0) is 13.4. The Labute approximate surface area is 110 Å². The molecule has 0 aliphatic rings. The van der Waals surface area contributed by atoms with Crippen LogP contribution < -0.4 is 10.1 Å². The van der Waals surface area contributed by atoms with Crippen LogP contribution in [0.4, 0.5) is 0 Å². The van der Waals surface area contributed by atoms with Crippen LogP contribution in [0.3, 0.4) is 0 Å². The molecule has 1 aromatic rings. The summed E-state index contributed by atoms with van der Waals surface area (Å²) in [4.78, 5) is 0. The predicted octanol–water partition coefficient (Wildman–Crippen LogP) is 2.73. The lowest BCUT2D eigenvalue weighted by Crippen LogP contribution is -2.42. The fourth-order valence-electron chi connectivity index (χ4n) is 1.86. The lowest BCUT2D eigenvalue weighted by atomic mass is 9.94. The van der Waals surface area contributed by atoms with Crippen LogP contribution in [0.5, 0.6) is 5.75 Å². The Bertz CT molecular complexity index is 354. The van der Waals surface area contributed by atoms with E-state index in [1.54, 1.807) is 0 Å². The van der Waals surface area contributed by atoms with Crippen LogP contribution in [0.15, 0.2) is 24.3 Å². The SMILES string of the molecule is CCOc1cccc(CNC(C)(CC)CCO)c1. The number of hydrogen-bond acceptors (Lipinski definition) is 3. The summed E-state index contributed by atoms with van der Waals surface area (Å²) in [5, 5.41) is 12.6. The molecule has 0 bridgehead atoms. The van der Waals surface area contributed by atoms with E-state index in [1.165, 1.54) is 5.56 Å². The highest BCUT2D eigenvalue weighted by Crippen LogP contribution is 2.17. The van der Waals surface area contributed by atoms with E-state index in [-0.39, 0.29) is 12.1 Å². The number of ether oxygens (including phenoxy) is 1. The summed E-state index contributed by atoms with van der Waals surface area (Å²) in [5.41, 5.74) is 1.20. The molecule has 0 heterocycles. The summed E-state index contributed by atoms with van der Waals surface area (Å²) in [6, 6.07) is 8.13. The maximum Gasteiger partial charge on any atom is 0.119 e. The van der Waals surface area contributed by atoms with E-state index in [1.807, 2.05) is 19.1 Å². The normalized spacial score (nSPS) is 14.2. The van der Waals surface area contributed by atoms with E-state index in [0.29, 0.717) is 6.61 Å². The van der Waals surface area contributed by atoms with Crippen molar-refractivity contribution in [3.63, 3.8) is 0 Å². The summed E-state index contributed by atoms with van der Waals surface area (Å²) in [6.45, 7) is 7.98. The van der Waals surface area contributed by atoms with Gasteiger partial charge in [-0.3, -0.25) is 0 Å². The third kappa shape index (κ3) is 4.67. The van der Waals surface area contributed by atoms with Gasteiger partial charge in [-0.15, -0.1) is 0 Å². The van der Waals surface area contributed by atoms with Crippen LogP contribution in [0, 0.1) is 0 Å². The van der Waals surface area contributed by atoms with Crippen molar-refractivity contribution in [1.29, 1.82) is 0 Å². The number of benzene rings is 1. The Morgan fingerprint density at radius 1 is 1.33 bits per heavy atom. The maximum absolute atomic E-state index is 9.08. The number of aliphatic hydroxyl groups is 1. The number of nitrogens with one attached hydrogen (secondary N) is 1. The molecule has 102 valence electrons. The van der Waals surface area contributed by atoms with Crippen molar-refractivity contribution in [3.8, 4) is 5.75 Å². The van der Waals surface area contributed by atoms with E-state index < -0.39 is 0 Å². The van der Waals surface area contributed by atoms with Crippen LogP contribution in [-0.4, -0.2) is 23.9 Å². The summed E-state index contributed by atoms with van der Waals surface area (Å²) in [5.74, 6) is 0.914. The van der Waals surface area contributed by atoms with Gasteiger partial charge in [0.05, 0.1) is 6.61 Å². The van der Waals surface area contributed by atoms with Crippen molar-refractivity contribution >= 4 is 0 Å². The molecule has 18 heavy (non-hydrogen) atoms. The molecule has 0 amide bonds. The average molecular weight is 251 g/mol. The van der Waals surface area contributed by atoms with Crippen molar-refractivity contribution in [1.82, 2.24) is 5.32 Å². The lowest BCUT2D eigenvalue weighted by Gasteiger charge is -2.29. The number of hydrogen-bond donors (Lipinski definition) is 2. The highest BCUT2D eigenvalue weighted by molar-refractivity contribution is 5.28. The first kappa shape index (κ1) is 15.0. The number of rotatable bonds is 8. The van der Waals surface area contributed by atoms with Gasteiger partial charge in [0.2, 0.25) is 0 Å². The first-order valence-electron chi connectivity index (χ1n) is 6.71. The summed E-state index contributed by atoms with van der Waals surface area (Å²) in [7, 11) is 0. The molecule has 0 aliphatic carbocycles. The molecule has 2 N–H and O–H groups in total. The third-order valence-corrected chi connectivity index (χ3v) is 3.37. The summed E-state index contributed by atoms with van der Waals surface area (Å²) >= 11 is 0. The second-order valence-corrected chi connectivity index (χ2v) is 4.82. The molecule has 1 atom stereocenters. The third-order valence-electron chi connectivity index (χ3n) is 3.37. The van der Waals surface area contributed by atoms with Gasteiger partial charge in [-0.25, -0.2) is 0 Å². The van der Waals surface area contributed by atoms with Gasteiger partial charge < -0.3 is 15.2 Å². The van der Waals surface area contributed by atoms with Gasteiger partial charge in [-0.05, 0) is 44.4 Å². The van der Waals surface area contributed by atoms with Crippen LogP contribution in [0.2, 0.25) is 0 Å². The highest BCUT2D eigenvalue weighted by Gasteiger charge is 2.20. The quantitative estimate of drug-likeness (QED) is 0.746. The minimum absolute atomic E-state index is 0.00360.